The number of nitrogens with one attached hydrogen (secondary N) is 3. The molecule has 1 aromatic rings. The number of rotatable bonds is 4. The van der Waals surface area contributed by atoms with Crippen molar-refractivity contribution in [2.24, 2.45) is 0 Å². The number of hydrogen-bond acceptors (Lipinski definition) is 6. The number of hydrogen-bond donors (Lipinski definition) is 4. The highest BCUT2D eigenvalue weighted by Gasteiger charge is 2.19. The zero-order chi connectivity index (χ0) is 13.9. The van der Waals surface area contributed by atoms with Crippen LogP contribution in [0.25, 0.3) is 0 Å². The van der Waals surface area contributed by atoms with E-state index >= 15 is 0 Å². The maximum absolute atomic E-state index is 11.5. The number of aromatic nitrogens is 2. The molecule has 1 aromatic heterocycles. The number of carbonyl (C=O) groups is 1. The van der Waals surface area contributed by atoms with Gasteiger partial charge in [0, 0.05) is 0 Å². The van der Waals surface area contributed by atoms with Gasteiger partial charge < -0.3 is 10.5 Å². The third kappa shape index (κ3) is 3.80. The van der Waals surface area contributed by atoms with Gasteiger partial charge in [-0.2, -0.15) is 13.5 Å². The quantitative estimate of drug-likeness (QED) is 0.615. The van der Waals surface area contributed by atoms with Gasteiger partial charge in [-0.15, -0.1) is 0 Å². The van der Waals surface area contributed by atoms with E-state index in [1.54, 1.807) is 25.5 Å². The lowest BCUT2D eigenvalue weighted by atomic mass is 10.4. The van der Waals surface area contributed by atoms with Crippen molar-refractivity contribution in [2.45, 2.75) is 26.9 Å². The Morgan fingerprint density at radius 2 is 2.11 bits per heavy atom. The molecule has 10 heteroatoms. The molecular formula is C8H15N5O4S. The fraction of sp³-hybridized carbons (Fsp3) is 0.500. The first-order chi connectivity index (χ1) is 8.21. The molecule has 9 nitrogen and oxygen atoms in total. The summed E-state index contributed by atoms with van der Waals surface area (Å²) in [5.74, 6) is -0.0858. The van der Waals surface area contributed by atoms with Crippen LogP contribution in [0, 0.1) is 6.92 Å². The summed E-state index contributed by atoms with van der Waals surface area (Å²) < 4.78 is 31.3. The van der Waals surface area contributed by atoms with E-state index in [2.05, 4.69) is 14.9 Å². The first-order valence-electron chi connectivity index (χ1n) is 5.03. The van der Waals surface area contributed by atoms with Gasteiger partial charge in [-0.05, 0) is 20.8 Å². The van der Waals surface area contributed by atoms with Crippen LogP contribution in [0.3, 0.4) is 0 Å². The van der Waals surface area contributed by atoms with Gasteiger partial charge in [0.15, 0.2) is 5.82 Å². The molecule has 0 aliphatic heterocycles. The molecule has 0 saturated heterocycles. The van der Waals surface area contributed by atoms with Crippen molar-refractivity contribution < 1.29 is 17.9 Å². The second-order valence-corrected chi connectivity index (χ2v) is 5.19. The van der Waals surface area contributed by atoms with Gasteiger partial charge >= 0.3 is 16.3 Å². The first kappa shape index (κ1) is 14.1. The average Bonchev–Trinajstić information content (AvgIpc) is 2.46. The number of ether oxygens (including phenoxy) is 1. The summed E-state index contributed by atoms with van der Waals surface area (Å²) in [6, 6.07) is 0. The van der Waals surface area contributed by atoms with E-state index in [1.165, 1.54) is 0 Å². The zero-order valence-corrected chi connectivity index (χ0v) is 11.0. The molecule has 0 spiro atoms. The number of aromatic amines is 1. The van der Waals surface area contributed by atoms with Crippen LogP contribution < -0.4 is 15.2 Å². The Morgan fingerprint density at radius 3 is 2.56 bits per heavy atom. The van der Waals surface area contributed by atoms with Crippen LogP contribution in [0.2, 0.25) is 0 Å². The smallest absolute Gasteiger partial charge is 0.422 e. The lowest BCUT2D eigenvalue weighted by Gasteiger charge is -2.10. The maximum Gasteiger partial charge on any atom is 0.422 e. The van der Waals surface area contributed by atoms with Gasteiger partial charge in [0.1, 0.15) is 0 Å². The molecule has 5 N–H and O–H groups in total. The van der Waals surface area contributed by atoms with E-state index in [9.17, 15) is 13.2 Å². The number of nitrogens with zero attached hydrogens (tertiary/aromatic N) is 1. The molecular weight excluding hydrogens is 262 g/mol. The highest BCUT2D eigenvalue weighted by Crippen LogP contribution is 2.18. The fourth-order valence-electron chi connectivity index (χ4n) is 1.02. The van der Waals surface area contributed by atoms with E-state index in [0.717, 1.165) is 0 Å². The minimum Gasteiger partial charge on any atom is -0.446 e. The standard InChI is InChI=1S/C8H15N5O4S/c1-4(2)17-8(14)13-18(15,16)12-7-6(9)5(3)10-11-7/h4H,9H2,1-3H3,(H,13,14)(H2,10,11,12). The van der Waals surface area contributed by atoms with Crippen molar-refractivity contribution in [1.82, 2.24) is 14.9 Å². The lowest BCUT2D eigenvalue weighted by molar-refractivity contribution is 0.121. The van der Waals surface area contributed by atoms with Gasteiger partial charge in [-0.1, -0.05) is 0 Å². The number of nitrogen functional groups attached to an aromatic ring is 1. The Morgan fingerprint density at radius 1 is 1.50 bits per heavy atom. The van der Waals surface area contributed by atoms with Gasteiger partial charge in [-0.25, -0.2) is 14.2 Å². The van der Waals surface area contributed by atoms with Crippen LogP contribution in [0.5, 0.6) is 0 Å². The largest absolute Gasteiger partial charge is 0.446 e. The molecule has 0 radical (unpaired) electrons. The lowest BCUT2D eigenvalue weighted by Crippen LogP contribution is -2.37. The Labute approximate surface area is 104 Å². The van der Waals surface area contributed by atoms with Crippen molar-refractivity contribution >= 4 is 27.8 Å². The fourth-order valence-corrected chi connectivity index (χ4v) is 1.74. The molecule has 102 valence electrons. The topological polar surface area (TPSA) is 139 Å². The number of amides is 1. The van der Waals surface area contributed by atoms with Crippen molar-refractivity contribution in [3.8, 4) is 0 Å². The predicted molar refractivity (Wildman–Crippen MR) is 65.0 cm³/mol. The molecule has 0 aliphatic carbocycles. The SMILES string of the molecule is Cc1[nH]nc(NS(=O)(=O)NC(=O)OC(C)C)c1N. The summed E-state index contributed by atoms with van der Waals surface area (Å²) in [5, 5.41) is 6.14. The third-order valence-electron chi connectivity index (χ3n) is 1.79. The van der Waals surface area contributed by atoms with E-state index in [-0.39, 0.29) is 11.5 Å². The normalized spacial score (nSPS) is 11.3. The first-order valence-corrected chi connectivity index (χ1v) is 6.51. The second-order valence-electron chi connectivity index (χ2n) is 3.77. The van der Waals surface area contributed by atoms with Crippen LogP contribution in [-0.2, 0) is 14.9 Å². The van der Waals surface area contributed by atoms with Crippen LogP contribution >= 0.6 is 0 Å². The number of nitrogens with two attached hydrogens (primary N) is 1. The Bertz CT molecular complexity index is 536. The summed E-state index contributed by atoms with van der Waals surface area (Å²) in [5.41, 5.74) is 6.22. The molecule has 0 saturated carbocycles. The van der Waals surface area contributed by atoms with Gasteiger partial charge in [0.2, 0.25) is 0 Å². The number of aryl methyl sites for hydroxylation is 1. The summed E-state index contributed by atoms with van der Waals surface area (Å²) in [4.78, 5) is 11.1. The van der Waals surface area contributed by atoms with Gasteiger partial charge in [0.05, 0.1) is 17.5 Å². The molecule has 0 unspecified atom stereocenters. The average molecular weight is 277 g/mol. The van der Waals surface area contributed by atoms with E-state index in [0.29, 0.717) is 5.69 Å². The molecule has 1 rings (SSSR count). The minimum atomic E-state index is -4.13. The van der Waals surface area contributed by atoms with Gasteiger partial charge in [-0.3, -0.25) is 5.10 Å². The molecule has 0 aromatic carbocycles. The van der Waals surface area contributed by atoms with Gasteiger partial charge in [0.25, 0.3) is 0 Å². The number of carbonyl (C=O) groups excluding carboxylic acids is 1. The number of anilines is 2. The van der Waals surface area contributed by atoms with Crippen LogP contribution in [0.4, 0.5) is 16.3 Å². The molecule has 0 fully saturated rings. The molecule has 0 aliphatic rings. The van der Waals surface area contributed by atoms with Crippen LogP contribution in [-0.4, -0.2) is 30.8 Å². The van der Waals surface area contributed by atoms with E-state index in [4.69, 9.17) is 5.73 Å². The minimum absolute atomic E-state index is 0.0858. The summed E-state index contributed by atoms with van der Waals surface area (Å²) in [6.07, 6.45) is -1.51. The molecule has 0 atom stereocenters. The van der Waals surface area contributed by atoms with Crippen molar-refractivity contribution in [3.05, 3.63) is 5.69 Å². The number of H-pyrrole nitrogens is 1. The molecule has 1 amide bonds. The third-order valence-corrected chi connectivity index (χ3v) is 2.68. The highest BCUT2D eigenvalue weighted by molar-refractivity contribution is 7.91. The Kier molecular flexibility index (Phi) is 4.01. The summed E-state index contributed by atoms with van der Waals surface area (Å²) in [7, 11) is -4.13. The maximum atomic E-state index is 11.5. The van der Waals surface area contributed by atoms with Crippen molar-refractivity contribution in [2.75, 3.05) is 10.5 Å². The Hall–Kier alpha value is -1.97. The molecule has 18 heavy (non-hydrogen) atoms. The van der Waals surface area contributed by atoms with E-state index < -0.39 is 22.4 Å². The van der Waals surface area contributed by atoms with Crippen LogP contribution in [0.15, 0.2) is 0 Å². The summed E-state index contributed by atoms with van der Waals surface area (Å²) >= 11 is 0. The second kappa shape index (κ2) is 5.12. The molecule has 0 bridgehead atoms. The van der Waals surface area contributed by atoms with E-state index in [1.807, 2.05) is 4.72 Å². The zero-order valence-electron chi connectivity index (χ0n) is 10.1. The predicted octanol–water partition coefficient (Wildman–Crippen LogP) is 0.0916. The van der Waals surface area contributed by atoms with Crippen LogP contribution in [0.1, 0.15) is 19.5 Å². The highest BCUT2D eigenvalue weighted by atomic mass is 32.2. The summed E-state index contributed by atoms with van der Waals surface area (Å²) in [6.45, 7) is 4.81. The van der Waals surface area contributed by atoms with Crippen molar-refractivity contribution in [1.29, 1.82) is 0 Å². The molecule has 1 heterocycles. The van der Waals surface area contributed by atoms with Crippen molar-refractivity contribution in [3.63, 3.8) is 0 Å². The monoisotopic (exact) mass is 277 g/mol. The Balaban J connectivity index is 2.71.